The van der Waals surface area contributed by atoms with E-state index >= 15 is 0 Å². The van der Waals surface area contributed by atoms with Crippen LogP contribution in [0.5, 0.6) is 0 Å². The van der Waals surface area contributed by atoms with Crippen molar-refractivity contribution in [3.63, 3.8) is 0 Å². The van der Waals surface area contributed by atoms with E-state index in [0.29, 0.717) is 49.6 Å². The molecule has 0 saturated carbocycles. The van der Waals surface area contributed by atoms with Crippen molar-refractivity contribution in [2.45, 2.75) is 241 Å². The van der Waals surface area contributed by atoms with E-state index in [1.807, 2.05) is 21.1 Å². The van der Waals surface area contributed by atoms with Crippen LogP contribution in [0.15, 0.2) is 9.98 Å². The first-order valence-corrected chi connectivity index (χ1v) is 37.8. The van der Waals surface area contributed by atoms with Gasteiger partial charge in [0.05, 0.1) is 65.7 Å². The van der Waals surface area contributed by atoms with Crippen LogP contribution in [0.4, 0.5) is 0 Å². The molecule has 0 aromatic carbocycles. The molecule has 46 nitrogen and oxygen atoms in total. The van der Waals surface area contributed by atoms with Gasteiger partial charge in [-0.3, -0.25) is 81.9 Å². The van der Waals surface area contributed by atoms with Crippen LogP contribution in [0.25, 0.3) is 0 Å². The van der Waals surface area contributed by atoms with Gasteiger partial charge in [0.25, 0.3) is 0 Å². The number of aliphatic hydroxyl groups excluding tert-OH is 4. The van der Waals surface area contributed by atoms with Crippen molar-refractivity contribution >= 4 is 106 Å². The van der Waals surface area contributed by atoms with Gasteiger partial charge in [-0.05, 0) is 150 Å². The number of hydrogen-bond donors (Lipinski definition) is 26. The van der Waals surface area contributed by atoms with Gasteiger partial charge in [-0.25, -0.2) is 4.79 Å². The molecule has 0 unspecified atom stereocenters. The Morgan fingerprint density at radius 1 is 0.447 bits per heavy atom. The molecule has 114 heavy (non-hydrogen) atoms. The van der Waals surface area contributed by atoms with Crippen molar-refractivity contribution in [1.82, 2.24) is 74.0 Å². The monoisotopic (exact) mass is 1630 g/mol. The molecular weight excluding hydrogens is 1500 g/mol. The van der Waals surface area contributed by atoms with Crippen LogP contribution in [0.3, 0.4) is 0 Å². The number of unbranched alkanes of at least 4 members (excludes halogenated alkanes) is 3. The third-order valence-corrected chi connectivity index (χ3v) is 17.8. The molecule has 1 rings (SSSR count). The number of rotatable bonds is 56. The molecule has 1 aliphatic heterocycles. The smallest absolute Gasteiger partial charge is 0.326 e. The number of aliphatic carboxylic acids is 1. The van der Waals surface area contributed by atoms with Gasteiger partial charge >= 0.3 is 5.97 Å². The molecule has 1 aliphatic rings. The maximum absolute atomic E-state index is 14.4. The number of nitrogens with two attached hydrogens (primary N) is 8. The zero-order valence-electron chi connectivity index (χ0n) is 66.3. The first kappa shape index (κ1) is 102. The maximum Gasteiger partial charge on any atom is 0.326 e. The Labute approximate surface area is 661 Å². The van der Waals surface area contributed by atoms with Gasteiger partial charge in [0.15, 0.2) is 11.9 Å². The highest BCUT2D eigenvalue weighted by molar-refractivity contribution is 6.00. The molecule has 15 amide bonds. The number of nitrogens with zero attached hydrogens (tertiary/aromatic N) is 4. The van der Waals surface area contributed by atoms with Crippen LogP contribution in [0.1, 0.15) is 144 Å². The van der Waals surface area contributed by atoms with E-state index in [-0.39, 0.29) is 102 Å². The number of carbonyl (C=O) groups excluding carboxylic acids is 15. The Kier molecular flexibility index (Phi) is 47.2. The molecule has 0 bridgehead atoms. The predicted molar refractivity (Wildman–Crippen MR) is 412 cm³/mol. The summed E-state index contributed by atoms with van der Waals surface area (Å²) in [6, 6.07) is -19.6. The summed E-state index contributed by atoms with van der Waals surface area (Å²) in [7, 11) is 5.71. The Morgan fingerprint density at radius 3 is 1.32 bits per heavy atom. The lowest BCUT2D eigenvalue weighted by molar-refractivity contribution is -0.870. The Hall–Kier alpha value is -10.3. The summed E-state index contributed by atoms with van der Waals surface area (Å²) in [5.74, 6) is -16.5. The van der Waals surface area contributed by atoms with Crippen molar-refractivity contribution in [2.75, 3.05) is 80.1 Å². The number of hydrogen-bond acceptors (Lipinski definition) is 25. The molecule has 0 aromatic rings. The molecule has 0 aromatic heterocycles. The minimum absolute atomic E-state index is 0.0110. The Bertz CT molecular complexity index is 3260. The first-order valence-electron chi connectivity index (χ1n) is 37.8. The summed E-state index contributed by atoms with van der Waals surface area (Å²) in [6.45, 7) is 4.37. The zero-order chi connectivity index (χ0) is 86.7. The Balaban J connectivity index is 3.33. The van der Waals surface area contributed by atoms with Gasteiger partial charge in [-0.2, -0.15) is 0 Å². The van der Waals surface area contributed by atoms with Crippen molar-refractivity contribution in [2.24, 2.45) is 55.9 Å². The van der Waals surface area contributed by atoms with E-state index < -0.39 is 224 Å². The second kappa shape index (κ2) is 52.9. The number of primary amides is 1. The number of amides is 15. The lowest BCUT2D eigenvalue weighted by Gasteiger charge is -2.29. The molecule has 46 heteroatoms. The zero-order valence-corrected chi connectivity index (χ0v) is 66.3. The van der Waals surface area contributed by atoms with Crippen molar-refractivity contribution in [1.29, 1.82) is 0 Å². The average molecular weight is 1630 g/mol. The number of carboxylic acid groups (broad SMARTS) is 1. The molecule has 1 saturated heterocycles. The van der Waals surface area contributed by atoms with E-state index in [2.05, 4.69) is 79.1 Å². The van der Waals surface area contributed by atoms with Gasteiger partial charge in [0.1, 0.15) is 78.5 Å². The SMILES string of the molecule is C[C@H](NC(=O)[C@@H](NC(=O)[C@H](CCC(N)=O)NC(=O)[C@H](CCCCN)NC(=O)[C@@H](N)[C@@H](C)O)[C@@H](C)O)C(=O)N[C@@H](CCCN=C(N)N)C(=O)N[C@@H](CCCC[N+](C)(C)C)C(=O)N[C@@H](CO)C(=O)N[C@H](C(=O)NCC(=O)NCC(=O)N[C@@H](CCCCN)C(=O)N[C@@H](C)C(=O)N1CCC[C@H]1C(=O)N[C@@H](CCCN=C(N)N)C(=O)O)[C@@H](C)O. The van der Waals surface area contributed by atoms with Crippen molar-refractivity contribution < 1.29 is 107 Å². The summed E-state index contributed by atoms with van der Waals surface area (Å²) >= 11 is 0. The molecule has 16 atom stereocenters. The van der Waals surface area contributed by atoms with Gasteiger partial charge in [0, 0.05) is 26.1 Å². The maximum atomic E-state index is 14.4. The molecule has 1 heterocycles. The molecule has 0 aliphatic carbocycles. The van der Waals surface area contributed by atoms with E-state index in [4.69, 9.17) is 45.9 Å². The molecule has 34 N–H and O–H groups in total. The predicted octanol–water partition coefficient (Wildman–Crippen LogP) is -12.4. The van der Waals surface area contributed by atoms with Crippen LogP contribution in [0.2, 0.25) is 0 Å². The van der Waals surface area contributed by atoms with Gasteiger partial charge in [-0.15, -0.1) is 0 Å². The fraction of sp³-hybridized carbons (Fsp3) is 0.735. The highest BCUT2D eigenvalue weighted by Crippen LogP contribution is 2.20. The third-order valence-electron chi connectivity index (χ3n) is 17.8. The molecule has 0 radical (unpaired) electrons. The molecule has 648 valence electrons. The lowest BCUT2D eigenvalue weighted by Crippen LogP contribution is -2.62. The van der Waals surface area contributed by atoms with Crippen molar-refractivity contribution in [3.05, 3.63) is 0 Å². The Morgan fingerprint density at radius 2 is 0.860 bits per heavy atom. The number of aliphatic hydroxyl groups is 4. The summed E-state index contributed by atoms with van der Waals surface area (Å²) in [4.78, 5) is 224. The minimum Gasteiger partial charge on any atom is -0.480 e. The van der Waals surface area contributed by atoms with Gasteiger partial charge < -0.3 is 150 Å². The molecule has 1 fully saturated rings. The highest BCUT2D eigenvalue weighted by atomic mass is 16.4. The summed E-state index contributed by atoms with van der Waals surface area (Å²) in [6.07, 6.45) is -3.01. The third kappa shape index (κ3) is 40.0. The lowest BCUT2D eigenvalue weighted by atomic mass is 10.0. The van der Waals surface area contributed by atoms with E-state index in [9.17, 15) is 102 Å². The summed E-state index contributed by atoms with van der Waals surface area (Å²) < 4.78 is 0.490. The second-order valence-electron chi connectivity index (χ2n) is 28.9. The number of carboxylic acids is 1. The van der Waals surface area contributed by atoms with Crippen LogP contribution in [-0.4, -0.2) is 318 Å². The molecular formula is C68H126N25O21+. The van der Waals surface area contributed by atoms with E-state index in [1.165, 1.54) is 25.7 Å². The van der Waals surface area contributed by atoms with E-state index in [1.54, 1.807) is 0 Å². The number of carbonyl (C=O) groups is 16. The summed E-state index contributed by atoms with van der Waals surface area (Å²) in [5, 5.41) is 82.6. The van der Waals surface area contributed by atoms with Crippen LogP contribution < -0.4 is 115 Å². The van der Waals surface area contributed by atoms with Crippen molar-refractivity contribution in [3.8, 4) is 0 Å². The van der Waals surface area contributed by atoms with Gasteiger partial charge in [0.2, 0.25) is 88.6 Å². The first-order chi connectivity index (χ1) is 53.4. The number of likely N-dealkylation sites (tertiary alicyclic amines) is 1. The normalized spacial score (nSPS) is 16.5. The van der Waals surface area contributed by atoms with Crippen LogP contribution >= 0.6 is 0 Å². The van der Waals surface area contributed by atoms with Crippen LogP contribution in [0, 0.1) is 0 Å². The fourth-order valence-electron chi connectivity index (χ4n) is 11.3. The van der Waals surface area contributed by atoms with Crippen LogP contribution in [-0.2, 0) is 76.7 Å². The number of guanidine groups is 2. The molecule has 0 spiro atoms. The minimum atomic E-state index is -1.89. The average Bonchev–Trinajstić information content (AvgIpc) is 1.57. The number of nitrogens with one attached hydrogen (secondary N) is 13. The topological polar surface area (TPSA) is 767 Å². The number of quaternary nitrogens is 1. The standard InChI is InChI=1S/C68H125N25O21/c1-35(81-64(111)53(39(5)97)91-59(106)44(24-25-48(71)98)86-56(103)42(19-10-13-27-70)87-62(109)51(72)37(3)95)54(101)84-43(21-15-28-77-67(73)74)57(104)85-41(20-11-14-31-93(6,7)8)58(105)89-46(34-94)60(107)90-52(38(4)96)63(110)80-32-49(99)79-33-50(100)83-40(18-9-12-26-69)55(102)82-36(2)65(112)92-30-17-23-47(92)61(108)88-45(66(113)114)22-16-29-78-68(75)76/h35-47,51-53,94-97H,9-34,69-70,72H2,1-8H3,(H23-,71,73,74,75,76,77,78,79,80,81,82,83,84,85,86,87,88,89,90,91,98,99,100,101,102,103,104,105,106,107,108,109,110,111,113,114)/p+1/t35-,36-,37+,38+,39+,40-,41-,42-,43-,44-,45-,46-,47-,51-,52-,53-/m0/s1. The number of aliphatic imine (C=N–C) groups is 2. The quantitative estimate of drug-likeness (QED) is 0.0116. The largest absolute Gasteiger partial charge is 0.480 e. The second-order valence-corrected chi connectivity index (χ2v) is 28.9. The van der Waals surface area contributed by atoms with E-state index in [0.717, 1.165) is 13.8 Å². The van der Waals surface area contributed by atoms with Gasteiger partial charge in [-0.1, -0.05) is 0 Å². The highest BCUT2D eigenvalue weighted by Gasteiger charge is 2.40. The fourth-order valence-corrected chi connectivity index (χ4v) is 11.3. The summed E-state index contributed by atoms with van der Waals surface area (Å²) in [5.41, 5.74) is 44.1.